The topological polar surface area (TPSA) is 64.0 Å². The Balaban J connectivity index is 2.37. The van der Waals surface area contributed by atoms with E-state index in [2.05, 4.69) is 25.8 Å². The van der Waals surface area contributed by atoms with Crippen molar-refractivity contribution in [3.63, 3.8) is 0 Å². The minimum absolute atomic E-state index is 0.226. The van der Waals surface area contributed by atoms with E-state index in [-0.39, 0.29) is 4.90 Å². The van der Waals surface area contributed by atoms with Crippen molar-refractivity contribution in [1.82, 2.24) is 9.78 Å². The molecule has 1 heterocycles. The highest BCUT2D eigenvalue weighted by atomic mass is 79.9. The van der Waals surface area contributed by atoms with Crippen LogP contribution in [0.3, 0.4) is 0 Å². The van der Waals surface area contributed by atoms with Crippen LogP contribution in [0.1, 0.15) is 5.56 Å². The van der Waals surface area contributed by atoms with Gasteiger partial charge in [-0.2, -0.15) is 5.10 Å². The number of anilines is 1. The standard InChI is InChI=1S/C11H12BrN3O2S/c1-8-7-9(3-4-10(8)12)18(16,17)14-11-5-6-13-15(11)2/h3-7,14H,1-2H3. The highest BCUT2D eigenvalue weighted by Crippen LogP contribution is 2.21. The number of aryl methyl sites for hydroxylation is 2. The molecule has 1 aromatic heterocycles. The SMILES string of the molecule is Cc1cc(S(=O)(=O)Nc2ccnn2C)ccc1Br. The molecule has 0 aliphatic carbocycles. The van der Waals surface area contributed by atoms with Crippen molar-refractivity contribution >= 4 is 31.8 Å². The molecule has 96 valence electrons. The first kappa shape index (κ1) is 13.1. The quantitative estimate of drug-likeness (QED) is 0.939. The fourth-order valence-electron chi connectivity index (χ4n) is 1.46. The zero-order valence-electron chi connectivity index (χ0n) is 9.88. The summed E-state index contributed by atoms with van der Waals surface area (Å²) in [6, 6.07) is 6.48. The predicted octanol–water partition coefficient (Wildman–Crippen LogP) is 2.29. The summed E-state index contributed by atoms with van der Waals surface area (Å²) in [7, 11) is -1.91. The molecule has 0 atom stereocenters. The Labute approximate surface area is 114 Å². The molecule has 2 rings (SSSR count). The molecule has 0 saturated carbocycles. The van der Waals surface area contributed by atoms with E-state index in [9.17, 15) is 8.42 Å². The molecule has 0 spiro atoms. The summed E-state index contributed by atoms with van der Waals surface area (Å²) in [4.78, 5) is 0.226. The first-order chi connectivity index (χ1) is 8.40. The van der Waals surface area contributed by atoms with Crippen LogP contribution in [-0.4, -0.2) is 18.2 Å². The van der Waals surface area contributed by atoms with Crippen LogP contribution in [0.15, 0.2) is 39.8 Å². The first-order valence-corrected chi connectivity index (χ1v) is 7.45. The first-order valence-electron chi connectivity index (χ1n) is 5.17. The number of nitrogens with one attached hydrogen (secondary N) is 1. The van der Waals surface area contributed by atoms with E-state index < -0.39 is 10.0 Å². The van der Waals surface area contributed by atoms with Crippen LogP contribution in [0.4, 0.5) is 5.82 Å². The van der Waals surface area contributed by atoms with Crippen LogP contribution in [0.5, 0.6) is 0 Å². The Morgan fingerprint density at radius 3 is 2.61 bits per heavy atom. The fraction of sp³-hybridized carbons (Fsp3) is 0.182. The summed E-state index contributed by atoms with van der Waals surface area (Å²) in [6.07, 6.45) is 1.53. The van der Waals surface area contributed by atoms with E-state index in [0.29, 0.717) is 5.82 Å². The Morgan fingerprint density at radius 1 is 1.33 bits per heavy atom. The molecule has 0 amide bonds. The Bertz CT molecular complexity index is 679. The van der Waals surface area contributed by atoms with Crippen molar-refractivity contribution in [2.24, 2.45) is 7.05 Å². The molecule has 0 aliphatic rings. The lowest BCUT2D eigenvalue weighted by Crippen LogP contribution is -2.15. The van der Waals surface area contributed by atoms with Gasteiger partial charge in [-0.05, 0) is 30.7 Å². The Kier molecular flexibility index (Phi) is 3.45. The molecule has 0 unspecified atom stereocenters. The Morgan fingerprint density at radius 2 is 2.06 bits per heavy atom. The molecular formula is C11H12BrN3O2S. The predicted molar refractivity (Wildman–Crippen MR) is 72.9 cm³/mol. The van der Waals surface area contributed by atoms with Crippen LogP contribution in [0.25, 0.3) is 0 Å². The summed E-state index contributed by atoms with van der Waals surface area (Å²) in [5.41, 5.74) is 0.864. The molecule has 1 N–H and O–H groups in total. The zero-order chi connectivity index (χ0) is 13.3. The van der Waals surface area contributed by atoms with Gasteiger partial charge in [0.25, 0.3) is 10.0 Å². The molecule has 7 heteroatoms. The summed E-state index contributed by atoms with van der Waals surface area (Å²) < 4.78 is 29.1. The van der Waals surface area contributed by atoms with Crippen LogP contribution < -0.4 is 4.72 Å². The minimum Gasteiger partial charge on any atom is -0.264 e. The van der Waals surface area contributed by atoms with Gasteiger partial charge in [-0.25, -0.2) is 8.42 Å². The van der Waals surface area contributed by atoms with E-state index in [1.165, 1.54) is 10.9 Å². The second-order valence-corrected chi connectivity index (χ2v) is 6.39. The maximum Gasteiger partial charge on any atom is 0.263 e. The number of hydrogen-bond acceptors (Lipinski definition) is 3. The molecular weight excluding hydrogens is 318 g/mol. The number of hydrogen-bond donors (Lipinski definition) is 1. The number of benzene rings is 1. The molecule has 1 aromatic carbocycles. The molecule has 5 nitrogen and oxygen atoms in total. The molecule has 0 bridgehead atoms. The van der Waals surface area contributed by atoms with Gasteiger partial charge in [0.15, 0.2) is 0 Å². The van der Waals surface area contributed by atoms with E-state index in [4.69, 9.17) is 0 Å². The lowest BCUT2D eigenvalue weighted by molar-refractivity contribution is 0.600. The highest BCUT2D eigenvalue weighted by Gasteiger charge is 2.16. The molecule has 0 radical (unpaired) electrons. The van der Waals surface area contributed by atoms with Crippen molar-refractivity contribution < 1.29 is 8.42 Å². The average molecular weight is 330 g/mol. The largest absolute Gasteiger partial charge is 0.264 e. The third-order valence-electron chi connectivity index (χ3n) is 2.50. The van der Waals surface area contributed by atoms with Gasteiger partial charge in [0.1, 0.15) is 5.82 Å². The third kappa shape index (κ3) is 2.56. The van der Waals surface area contributed by atoms with Crippen molar-refractivity contribution in [2.75, 3.05) is 4.72 Å². The average Bonchev–Trinajstić information content (AvgIpc) is 2.67. The zero-order valence-corrected chi connectivity index (χ0v) is 12.3. The molecule has 0 aliphatic heterocycles. The second kappa shape index (κ2) is 4.74. The van der Waals surface area contributed by atoms with Crippen molar-refractivity contribution in [2.45, 2.75) is 11.8 Å². The summed E-state index contributed by atoms with van der Waals surface area (Å²) in [6.45, 7) is 1.84. The number of halogens is 1. The van der Waals surface area contributed by atoms with E-state index in [0.717, 1.165) is 10.0 Å². The van der Waals surface area contributed by atoms with Crippen LogP contribution in [0, 0.1) is 6.92 Å². The van der Waals surface area contributed by atoms with Gasteiger partial charge in [0, 0.05) is 17.6 Å². The summed E-state index contributed by atoms with van der Waals surface area (Å²) in [5.74, 6) is 0.426. The van der Waals surface area contributed by atoms with Gasteiger partial charge in [0.2, 0.25) is 0 Å². The maximum atomic E-state index is 12.1. The number of nitrogens with zero attached hydrogens (tertiary/aromatic N) is 2. The second-order valence-electron chi connectivity index (χ2n) is 3.86. The monoisotopic (exact) mass is 329 g/mol. The highest BCUT2D eigenvalue weighted by molar-refractivity contribution is 9.10. The lowest BCUT2D eigenvalue weighted by atomic mass is 10.2. The molecule has 0 fully saturated rings. The lowest BCUT2D eigenvalue weighted by Gasteiger charge is -2.09. The van der Waals surface area contributed by atoms with Crippen molar-refractivity contribution in [3.05, 3.63) is 40.5 Å². The van der Waals surface area contributed by atoms with E-state index >= 15 is 0 Å². The van der Waals surface area contributed by atoms with Crippen LogP contribution in [-0.2, 0) is 17.1 Å². The Hall–Kier alpha value is -1.34. The van der Waals surface area contributed by atoms with E-state index in [1.807, 2.05) is 6.92 Å². The van der Waals surface area contributed by atoms with Crippen molar-refractivity contribution in [3.8, 4) is 0 Å². The smallest absolute Gasteiger partial charge is 0.263 e. The molecule has 2 aromatic rings. The van der Waals surface area contributed by atoms with Gasteiger partial charge < -0.3 is 0 Å². The van der Waals surface area contributed by atoms with Crippen LogP contribution >= 0.6 is 15.9 Å². The van der Waals surface area contributed by atoms with E-state index in [1.54, 1.807) is 31.3 Å². The molecule has 0 saturated heterocycles. The molecule has 18 heavy (non-hydrogen) atoms. The van der Waals surface area contributed by atoms with Gasteiger partial charge in [-0.3, -0.25) is 9.40 Å². The van der Waals surface area contributed by atoms with Gasteiger partial charge in [0.05, 0.1) is 11.1 Å². The minimum atomic E-state index is -3.58. The summed E-state index contributed by atoms with van der Waals surface area (Å²) in [5, 5.41) is 3.91. The number of sulfonamides is 1. The van der Waals surface area contributed by atoms with Gasteiger partial charge in [-0.1, -0.05) is 15.9 Å². The summed E-state index contributed by atoms with van der Waals surface area (Å²) >= 11 is 3.34. The van der Waals surface area contributed by atoms with Crippen LogP contribution in [0.2, 0.25) is 0 Å². The van der Waals surface area contributed by atoms with Gasteiger partial charge >= 0.3 is 0 Å². The third-order valence-corrected chi connectivity index (χ3v) is 4.74. The fourth-order valence-corrected chi connectivity index (χ4v) is 2.87. The normalized spacial score (nSPS) is 11.5. The van der Waals surface area contributed by atoms with Crippen molar-refractivity contribution in [1.29, 1.82) is 0 Å². The number of rotatable bonds is 3. The van der Waals surface area contributed by atoms with Gasteiger partial charge in [-0.15, -0.1) is 0 Å². The number of aromatic nitrogens is 2. The maximum absolute atomic E-state index is 12.1.